The largest absolute Gasteiger partial charge is 0.481 e. The highest BCUT2D eigenvalue weighted by atomic mass is 16.4. The summed E-state index contributed by atoms with van der Waals surface area (Å²) >= 11 is 0. The van der Waals surface area contributed by atoms with Crippen LogP contribution in [0.2, 0.25) is 0 Å². The minimum atomic E-state index is -0.964. The van der Waals surface area contributed by atoms with Crippen LogP contribution in [-0.2, 0) is 20.8 Å². The lowest BCUT2D eigenvalue weighted by atomic mass is 9.98. The molecule has 2 amide bonds. The zero-order chi connectivity index (χ0) is 19.3. The molecule has 2 rings (SSSR count). The van der Waals surface area contributed by atoms with Crippen LogP contribution in [0, 0.1) is 17.8 Å². The van der Waals surface area contributed by atoms with E-state index in [2.05, 4.69) is 20.6 Å². The molecule has 1 aliphatic carbocycles. The van der Waals surface area contributed by atoms with Gasteiger partial charge in [0.25, 0.3) is 0 Å². The number of nitrogens with zero attached hydrogens (tertiary/aromatic N) is 1. The maximum atomic E-state index is 12.5. The molecular weight excluding hydrogens is 338 g/mol. The molecular formula is C17H27N5O4. The molecule has 0 spiro atoms. The summed E-state index contributed by atoms with van der Waals surface area (Å²) in [7, 11) is 0. The van der Waals surface area contributed by atoms with Gasteiger partial charge < -0.3 is 26.5 Å². The number of carbonyl (C=O) groups is 3. The number of carbonyl (C=O) groups excluding carboxylic acids is 2. The molecule has 4 unspecified atom stereocenters. The molecule has 0 aromatic carbocycles. The Balaban J connectivity index is 1.80. The highest BCUT2D eigenvalue weighted by molar-refractivity contribution is 5.93. The van der Waals surface area contributed by atoms with Crippen LogP contribution >= 0.6 is 0 Å². The number of nitrogens with two attached hydrogens (primary N) is 1. The zero-order valence-corrected chi connectivity index (χ0v) is 15.1. The lowest BCUT2D eigenvalue weighted by molar-refractivity contribution is -0.140. The summed E-state index contributed by atoms with van der Waals surface area (Å²) in [5.74, 6) is -2.41. The van der Waals surface area contributed by atoms with Gasteiger partial charge in [0, 0.05) is 12.2 Å². The molecule has 0 radical (unpaired) electrons. The van der Waals surface area contributed by atoms with Gasteiger partial charge in [-0.2, -0.15) is 0 Å². The fourth-order valence-electron chi connectivity index (χ4n) is 2.82. The molecule has 144 valence electrons. The Bertz CT molecular complexity index is 659. The van der Waals surface area contributed by atoms with Crippen LogP contribution in [-0.4, -0.2) is 45.4 Å². The number of nitrogens with one attached hydrogen (secondary N) is 3. The van der Waals surface area contributed by atoms with Crippen molar-refractivity contribution < 1.29 is 19.5 Å². The summed E-state index contributed by atoms with van der Waals surface area (Å²) in [5.41, 5.74) is 6.41. The number of amides is 2. The second-order valence-electron chi connectivity index (χ2n) is 6.85. The number of aryl methyl sites for hydroxylation is 1. The number of rotatable bonds is 10. The minimum absolute atomic E-state index is 0.0478. The van der Waals surface area contributed by atoms with Gasteiger partial charge in [-0.3, -0.25) is 14.4 Å². The number of aromatic amines is 1. The Morgan fingerprint density at radius 1 is 1.42 bits per heavy atom. The van der Waals surface area contributed by atoms with E-state index in [9.17, 15) is 14.4 Å². The molecule has 6 N–H and O–H groups in total. The Morgan fingerprint density at radius 3 is 2.69 bits per heavy atom. The number of carboxylic acids is 1. The number of hydrogen-bond acceptors (Lipinski definition) is 5. The molecule has 0 aliphatic heterocycles. The third-order valence-electron chi connectivity index (χ3n) is 4.81. The van der Waals surface area contributed by atoms with Gasteiger partial charge in [0.1, 0.15) is 6.04 Å². The van der Waals surface area contributed by atoms with Crippen LogP contribution < -0.4 is 16.4 Å². The van der Waals surface area contributed by atoms with Crippen molar-refractivity contribution in [1.82, 2.24) is 20.6 Å². The second kappa shape index (κ2) is 8.68. The molecule has 0 bridgehead atoms. The predicted octanol–water partition coefficient (Wildman–Crippen LogP) is 0.292. The number of H-pyrrole nitrogens is 1. The molecule has 9 nitrogen and oxygen atoms in total. The van der Waals surface area contributed by atoms with Crippen LogP contribution in [0.25, 0.3) is 0 Å². The van der Waals surface area contributed by atoms with Crippen LogP contribution in [0.3, 0.4) is 0 Å². The molecule has 1 aromatic heterocycles. The molecule has 1 aromatic rings. The predicted molar refractivity (Wildman–Crippen MR) is 94.9 cm³/mol. The van der Waals surface area contributed by atoms with Gasteiger partial charge in [-0.15, -0.1) is 0 Å². The number of anilines is 1. The summed E-state index contributed by atoms with van der Waals surface area (Å²) in [6.07, 6.45) is 4.13. The molecule has 4 atom stereocenters. The average molecular weight is 365 g/mol. The number of aliphatic carboxylic acids is 1. The van der Waals surface area contributed by atoms with Gasteiger partial charge in [0.05, 0.1) is 18.0 Å². The number of imidazole rings is 1. The fraction of sp³-hybridized carbons (Fsp3) is 0.647. The van der Waals surface area contributed by atoms with Crippen LogP contribution in [0.4, 0.5) is 5.95 Å². The summed E-state index contributed by atoms with van der Waals surface area (Å²) in [5, 5.41) is 14.5. The maximum absolute atomic E-state index is 12.5. The molecule has 1 heterocycles. The van der Waals surface area contributed by atoms with Crippen molar-refractivity contribution in [1.29, 1.82) is 0 Å². The van der Waals surface area contributed by atoms with Crippen LogP contribution in [0.15, 0.2) is 6.20 Å². The van der Waals surface area contributed by atoms with Gasteiger partial charge in [-0.05, 0) is 25.2 Å². The van der Waals surface area contributed by atoms with Gasteiger partial charge in [-0.1, -0.05) is 20.3 Å². The number of carboxylic acid groups (broad SMARTS) is 1. The maximum Gasteiger partial charge on any atom is 0.307 e. The Labute approximate surface area is 152 Å². The Hall–Kier alpha value is -2.58. The monoisotopic (exact) mass is 365 g/mol. The summed E-state index contributed by atoms with van der Waals surface area (Å²) < 4.78 is 0. The van der Waals surface area contributed by atoms with Crippen molar-refractivity contribution in [3.05, 3.63) is 11.9 Å². The topological polar surface area (TPSA) is 150 Å². The third-order valence-corrected chi connectivity index (χ3v) is 4.81. The lowest BCUT2D eigenvalue weighted by Gasteiger charge is -2.23. The third kappa shape index (κ3) is 5.21. The normalized spacial score (nSPS) is 20.8. The molecule has 26 heavy (non-hydrogen) atoms. The fourth-order valence-corrected chi connectivity index (χ4v) is 2.82. The first kappa shape index (κ1) is 19.7. The summed E-state index contributed by atoms with van der Waals surface area (Å²) in [4.78, 5) is 42.4. The first-order valence-corrected chi connectivity index (χ1v) is 8.93. The number of nitrogen functional groups attached to an aromatic ring is 1. The zero-order valence-electron chi connectivity index (χ0n) is 15.1. The van der Waals surface area contributed by atoms with Crippen LogP contribution in [0.1, 0.15) is 38.8 Å². The Morgan fingerprint density at radius 2 is 2.15 bits per heavy atom. The highest BCUT2D eigenvalue weighted by Crippen LogP contribution is 2.38. The van der Waals surface area contributed by atoms with Crippen molar-refractivity contribution in [2.24, 2.45) is 17.8 Å². The molecule has 0 saturated heterocycles. The van der Waals surface area contributed by atoms with Crippen molar-refractivity contribution in [2.75, 3.05) is 12.3 Å². The number of hydrogen-bond donors (Lipinski definition) is 5. The van der Waals surface area contributed by atoms with E-state index in [0.717, 1.165) is 12.1 Å². The molecule has 9 heteroatoms. The highest BCUT2D eigenvalue weighted by Gasteiger charge is 2.49. The molecule has 1 saturated carbocycles. The average Bonchev–Trinajstić information content (AvgIpc) is 3.32. The van der Waals surface area contributed by atoms with E-state index in [-0.39, 0.29) is 17.7 Å². The van der Waals surface area contributed by atoms with E-state index in [1.165, 1.54) is 0 Å². The van der Waals surface area contributed by atoms with E-state index in [0.29, 0.717) is 31.8 Å². The second-order valence-corrected chi connectivity index (χ2v) is 6.85. The van der Waals surface area contributed by atoms with Crippen molar-refractivity contribution >= 4 is 23.7 Å². The van der Waals surface area contributed by atoms with Gasteiger partial charge in [0.15, 0.2) is 5.95 Å². The van der Waals surface area contributed by atoms with Crippen LogP contribution in [0.5, 0.6) is 0 Å². The van der Waals surface area contributed by atoms with Gasteiger partial charge in [-0.25, -0.2) is 4.98 Å². The Kier molecular flexibility index (Phi) is 6.59. The lowest BCUT2D eigenvalue weighted by Crippen LogP contribution is -2.51. The van der Waals surface area contributed by atoms with Gasteiger partial charge >= 0.3 is 5.97 Å². The van der Waals surface area contributed by atoms with Crippen molar-refractivity contribution in [3.63, 3.8) is 0 Å². The van der Waals surface area contributed by atoms with Gasteiger partial charge in [0.2, 0.25) is 11.8 Å². The molecule has 1 fully saturated rings. The molecule has 1 aliphatic rings. The van der Waals surface area contributed by atoms with Crippen molar-refractivity contribution in [2.45, 2.75) is 45.6 Å². The van der Waals surface area contributed by atoms with E-state index >= 15 is 0 Å². The minimum Gasteiger partial charge on any atom is -0.481 e. The van der Waals surface area contributed by atoms with E-state index < -0.39 is 23.8 Å². The first-order valence-electron chi connectivity index (χ1n) is 8.93. The number of aromatic nitrogens is 2. The van der Waals surface area contributed by atoms with E-state index in [1.54, 1.807) is 6.20 Å². The van der Waals surface area contributed by atoms with E-state index in [1.807, 2.05) is 13.8 Å². The van der Waals surface area contributed by atoms with E-state index in [4.69, 9.17) is 10.8 Å². The SMILES string of the molecule is CCC(C)C(NC(=O)C1CC1C(=O)O)C(=O)NCCCc1cnc(N)[nH]1. The quantitative estimate of drug-likeness (QED) is 0.376. The summed E-state index contributed by atoms with van der Waals surface area (Å²) in [6.45, 7) is 4.29. The smallest absolute Gasteiger partial charge is 0.307 e. The standard InChI is InChI=1S/C17H27N5O4/c1-3-9(2)13(22-14(23)11-7-12(11)16(25)26)15(24)19-6-4-5-10-8-20-17(18)21-10/h8-9,11-13H,3-7H2,1-2H3,(H,19,24)(H,22,23)(H,25,26)(H3,18,20,21). The summed E-state index contributed by atoms with van der Waals surface area (Å²) in [6, 6.07) is -0.662. The van der Waals surface area contributed by atoms with Crippen molar-refractivity contribution in [3.8, 4) is 0 Å². The first-order chi connectivity index (χ1) is 12.3.